The second-order valence-electron chi connectivity index (χ2n) is 6.08. The van der Waals surface area contributed by atoms with Crippen LogP contribution in [-0.4, -0.2) is 44.1 Å². The number of likely N-dealkylation sites (tertiary alicyclic amines) is 1. The molecule has 1 aliphatic rings. The molecule has 0 aliphatic carbocycles. The lowest BCUT2D eigenvalue weighted by Crippen LogP contribution is -2.40. The highest BCUT2D eigenvalue weighted by atomic mass is 16.2. The highest BCUT2D eigenvalue weighted by molar-refractivity contribution is 6.18. The van der Waals surface area contributed by atoms with Gasteiger partial charge in [-0.3, -0.25) is 4.79 Å². The van der Waals surface area contributed by atoms with Crippen LogP contribution in [0.3, 0.4) is 0 Å². The molecule has 23 heavy (non-hydrogen) atoms. The molecule has 0 N–H and O–H groups in total. The van der Waals surface area contributed by atoms with Crippen molar-refractivity contribution >= 4 is 17.7 Å². The van der Waals surface area contributed by atoms with Gasteiger partial charge in [0.25, 0.3) is 5.91 Å². The molecule has 6 heteroatoms. The largest absolute Gasteiger partial charge is 0.337 e. The number of amides is 1. The van der Waals surface area contributed by atoms with Gasteiger partial charge in [-0.2, -0.15) is 4.68 Å². The van der Waals surface area contributed by atoms with Gasteiger partial charge in [-0.15, -0.1) is 5.10 Å². The van der Waals surface area contributed by atoms with E-state index >= 15 is 0 Å². The number of aryl methyl sites for hydroxylation is 1. The third-order valence-electron chi connectivity index (χ3n) is 4.12. The molecule has 2 aromatic rings. The Balaban J connectivity index is 1.97. The van der Waals surface area contributed by atoms with Crippen LogP contribution in [0.4, 0.5) is 0 Å². The SMILES string of the molecule is Cc1nnnn1C(=Cc1ccccc1)C(=O)N1CCCC(C)C1. The molecule has 0 radical (unpaired) electrons. The van der Waals surface area contributed by atoms with Gasteiger partial charge >= 0.3 is 0 Å². The molecule has 1 aromatic heterocycles. The summed E-state index contributed by atoms with van der Waals surface area (Å²) < 4.78 is 1.52. The van der Waals surface area contributed by atoms with E-state index in [0.29, 0.717) is 17.4 Å². The number of hydrogen-bond donors (Lipinski definition) is 0. The fraction of sp³-hybridized carbons (Fsp3) is 0.412. The van der Waals surface area contributed by atoms with Gasteiger partial charge in [0.15, 0.2) is 5.82 Å². The van der Waals surface area contributed by atoms with Crippen LogP contribution in [-0.2, 0) is 4.79 Å². The first kappa shape index (κ1) is 15.4. The Labute approximate surface area is 135 Å². The Bertz CT molecular complexity index is 707. The third kappa shape index (κ3) is 3.47. The zero-order chi connectivity index (χ0) is 16.2. The molecule has 1 unspecified atom stereocenters. The van der Waals surface area contributed by atoms with E-state index in [1.165, 1.54) is 11.1 Å². The van der Waals surface area contributed by atoms with Crippen molar-refractivity contribution in [3.05, 3.63) is 41.7 Å². The summed E-state index contributed by atoms with van der Waals surface area (Å²) in [7, 11) is 0. The molecule has 1 aliphatic heterocycles. The zero-order valence-electron chi connectivity index (χ0n) is 13.5. The van der Waals surface area contributed by atoms with Crippen molar-refractivity contribution in [1.29, 1.82) is 0 Å². The normalized spacial score (nSPS) is 19.0. The van der Waals surface area contributed by atoms with Crippen LogP contribution in [0.1, 0.15) is 31.2 Å². The summed E-state index contributed by atoms with van der Waals surface area (Å²) in [4.78, 5) is 14.9. The second-order valence-corrected chi connectivity index (χ2v) is 6.08. The monoisotopic (exact) mass is 311 g/mol. The lowest BCUT2D eigenvalue weighted by atomic mass is 10.00. The maximum Gasteiger partial charge on any atom is 0.272 e. The number of carbonyl (C=O) groups excluding carboxylic acids is 1. The molecule has 1 aromatic carbocycles. The van der Waals surface area contributed by atoms with Gasteiger partial charge in [0, 0.05) is 13.1 Å². The maximum absolute atomic E-state index is 13.0. The molecule has 6 nitrogen and oxygen atoms in total. The van der Waals surface area contributed by atoms with E-state index in [-0.39, 0.29) is 5.91 Å². The lowest BCUT2D eigenvalue weighted by molar-refractivity contribution is -0.127. The van der Waals surface area contributed by atoms with Gasteiger partial charge in [0.2, 0.25) is 0 Å². The molecule has 1 saturated heterocycles. The number of benzene rings is 1. The molecule has 120 valence electrons. The Morgan fingerprint density at radius 3 is 2.74 bits per heavy atom. The second kappa shape index (κ2) is 6.73. The van der Waals surface area contributed by atoms with E-state index in [1.54, 1.807) is 6.92 Å². The first-order chi connectivity index (χ1) is 11.1. The van der Waals surface area contributed by atoms with Crippen LogP contribution in [0.25, 0.3) is 11.8 Å². The number of hydrogen-bond acceptors (Lipinski definition) is 4. The van der Waals surface area contributed by atoms with Crippen molar-refractivity contribution in [1.82, 2.24) is 25.1 Å². The van der Waals surface area contributed by atoms with Crippen LogP contribution in [0.5, 0.6) is 0 Å². The molecule has 0 saturated carbocycles. The van der Waals surface area contributed by atoms with Crippen molar-refractivity contribution in [2.45, 2.75) is 26.7 Å². The highest BCUT2D eigenvalue weighted by Crippen LogP contribution is 2.20. The van der Waals surface area contributed by atoms with Gasteiger partial charge < -0.3 is 4.90 Å². The van der Waals surface area contributed by atoms with Crippen LogP contribution in [0, 0.1) is 12.8 Å². The fourth-order valence-electron chi connectivity index (χ4n) is 2.91. The predicted octanol–water partition coefficient (Wildman–Crippen LogP) is 2.24. The minimum atomic E-state index is -0.0178. The number of carbonyl (C=O) groups is 1. The minimum Gasteiger partial charge on any atom is -0.337 e. The number of aromatic nitrogens is 4. The van der Waals surface area contributed by atoms with Crippen LogP contribution in [0.2, 0.25) is 0 Å². The molecule has 2 heterocycles. The van der Waals surface area contributed by atoms with E-state index in [0.717, 1.165) is 25.1 Å². The smallest absolute Gasteiger partial charge is 0.272 e. The Kier molecular flexibility index (Phi) is 4.50. The van der Waals surface area contributed by atoms with Crippen LogP contribution >= 0.6 is 0 Å². The summed E-state index contributed by atoms with van der Waals surface area (Å²) in [5.41, 5.74) is 1.45. The highest BCUT2D eigenvalue weighted by Gasteiger charge is 2.26. The summed E-state index contributed by atoms with van der Waals surface area (Å²) in [5.74, 6) is 1.11. The summed E-state index contributed by atoms with van der Waals surface area (Å²) in [6.07, 6.45) is 4.07. The van der Waals surface area contributed by atoms with Crippen LogP contribution in [0.15, 0.2) is 30.3 Å². The first-order valence-corrected chi connectivity index (χ1v) is 7.96. The molecular formula is C17H21N5O. The van der Waals surface area contributed by atoms with Gasteiger partial charge in [0.1, 0.15) is 5.70 Å². The average molecular weight is 311 g/mol. The van der Waals surface area contributed by atoms with Gasteiger partial charge in [-0.25, -0.2) is 0 Å². The van der Waals surface area contributed by atoms with E-state index < -0.39 is 0 Å². The summed E-state index contributed by atoms with van der Waals surface area (Å²) in [6.45, 7) is 5.55. The lowest BCUT2D eigenvalue weighted by Gasteiger charge is -2.31. The molecule has 0 spiro atoms. The average Bonchev–Trinajstić information content (AvgIpc) is 2.99. The predicted molar refractivity (Wildman–Crippen MR) is 88.1 cm³/mol. The van der Waals surface area contributed by atoms with Crippen molar-refractivity contribution in [2.75, 3.05) is 13.1 Å². The number of rotatable bonds is 3. The quantitative estimate of drug-likeness (QED) is 0.816. The Morgan fingerprint density at radius 2 is 2.09 bits per heavy atom. The van der Waals surface area contributed by atoms with E-state index in [9.17, 15) is 4.79 Å². The molecule has 3 rings (SSSR count). The minimum absolute atomic E-state index is 0.0178. The van der Waals surface area contributed by atoms with E-state index in [1.807, 2.05) is 41.3 Å². The Morgan fingerprint density at radius 1 is 1.30 bits per heavy atom. The third-order valence-corrected chi connectivity index (χ3v) is 4.12. The van der Waals surface area contributed by atoms with E-state index in [4.69, 9.17) is 0 Å². The summed E-state index contributed by atoms with van der Waals surface area (Å²) >= 11 is 0. The van der Waals surface area contributed by atoms with Crippen molar-refractivity contribution in [3.63, 3.8) is 0 Å². The molecule has 1 fully saturated rings. The maximum atomic E-state index is 13.0. The Hall–Kier alpha value is -2.50. The summed E-state index contributed by atoms with van der Waals surface area (Å²) in [6, 6.07) is 9.78. The molecule has 1 amide bonds. The molecule has 0 bridgehead atoms. The van der Waals surface area contributed by atoms with E-state index in [2.05, 4.69) is 22.4 Å². The van der Waals surface area contributed by atoms with Crippen molar-refractivity contribution in [3.8, 4) is 0 Å². The zero-order valence-corrected chi connectivity index (χ0v) is 13.5. The number of tetrazole rings is 1. The van der Waals surface area contributed by atoms with Gasteiger partial charge in [-0.05, 0) is 47.7 Å². The topological polar surface area (TPSA) is 63.9 Å². The fourth-order valence-corrected chi connectivity index (χ4v) is 2.91. The van der Waals surface area contributed by atoms with Crippen molar-refractivity contribution in [2.24, 2.45) is 5.92 Å². The van der Waals surface area contributed by atoms with Crippen LogP contribution < -0.4 is 0 Å². The molecular weight excluding hydrogens is 290 g/mol. The molecule has 1 atom stereocenters. The first-order valence-electron chi connectivity index (χ1n) is 7.96. The van der Waals surface area contributed by atoms with Gasteiger partial charge in [0.05, 0.1) is 0 Å². The number of piperidine rings is 1. The standard InChI is InChI=1S/C17H21N5O/c1-13-7-6-10-21(12-13)17(23)16(22-14(2)18-19-20-22)11-15-8-4-3-5-9-15/h3-5,8-9,11,13H,6-7,10,12H2,1-2H3. The number of nitrogens with zero attached hydrogens (tertiary/aromatic N) is 5. The van der Waals surface area contributed by atoms with Gasteiger partial charge in [-0.1, -0.05) is 37.3 Å². The van der Waals surface area contributed by atoms with Crippen molar-refractivity contribution < 1.29 is 4.79 Å². The summed E-state index contributed by atoms with van der Waals surface area (Å²) in [5, 5.41) is 11.6.